The first-order chi connectivity index (χ1) is 14.5. The van der Waals surface area contributed by atoms with Gasteiger partial charge in [-0.1, -0.05) is 30.3 Å². The van der Waals surface area contributed by atoms with E-state index in [4.69, 9.17) is 9.47 Å². The molecule has 8 heteroatoms. The van der Waals surface area contributed by atoms with Crippen LogP contribution in [0.5, 0.6) is 5.75 Å². The van der Waals surface area contributed by atoms with Gasteiger partial charge in [0.1, 0.15) is 5.75 Å². The lowest BCUT2D eigenvalue weighted by atomic mass is 9.96. The second kappa shape index (κ2) is 8.75. The van der Waals surface area contributed by atoms with E-state index in [1.54, 1.807) is 12.1 Å². The van der Waals surface area contributed by atoms with Crippen LogP contribution in [0.4, 0.5) is 0 Å². The quantitative estimate of drug-likeness (QED) is 0.692. The minimum atomic E-state index is -3.54. The van der Waals surface area contributed by atoms with Crippen LogP contribution in [0, 0.1) is 0 Å². The summed E-state index contributed by atoms with van der Waals surface area (Å²) in [6.07, 6.45) is 2.13. The molecule has 1 amide bonds. The molecule has 1 aliphatic heterocycles. The molecule has 1 saturated heterocycles. The Morgan fingerprint density at radius 3 is 2.33 bits per heavy atom. The highest BCUT2D eigenvalue weighted by atomic mass is 32.2. The lowest BCUT2D eigenvalue weighted by Gasteiger charge is -2.26. The summed E-state index contributed by atoms with van der Waals surface area (Å²) in [5.74, 6) is 0.262. The second-order valence-electron chi connectivity index (χ2n) is 7.70. The van der Waals surface area contributed by atoms with Gasteiger partial charge >= 0.3 is 0 Å². The van der Waals surface area contributed by atoms with Crippen molar-refractivity contribution >= 4 is 15.9 Å². The minimum absolute atomic E-state index is 0.0480. The predicted molar refractivity (Wildman–Crippen MR) is 112 cm³/mol. The largest absolute Gasteiger partial charge is 0.484 e. The van der Waals surface area contributed by atoms with Crippen LogP contribution in [0.2, 0.25) is 0 Å². The third-order valence-electron chi connectivity index (χ3n) is 5.67. The summed E-state index contributed by atoms with van der Waals surface area (Å²) in [7, 11) is -3.54. The SMILES string of the molecule is O=C(COc1ccc(S(=O)(=O)N2CCOCC2)cc1)NCC1(c2ccccc2)CC1. The average molecular weight is 431 g/mol. The summed E-state index contributed by atoms with van der Waals surface area (Å²) < 4.78 is 37.4. The van der Waals surface area contributed by atoms with Crippen molar-refractivity contribution < 1.29 is 22.7 Å². The van der Waals surface area contributed by atoms with Gasteiger partial charge in [-0.2, -0.15) is 4.31 Å². The fourth-order valence-electron chi connectivity index (χ4n) is 3.62. The van der Waals surface area contributed by atoms with E-state index in [2.05, 4.69) is 17.4 Å². The Kier molecular flexibility index (Phi) is 6.08. The van der Waals surface area contributed by atoms with E-state index in [-0.39, 0.29) is 22.8 Å². The molecular formula is C22H26N2O5S. The molecule has 2 aromatic rings. The van der Waals surface area contributed by atoms with Crippen molar-refractivity contribution in [3.8, 4) is 5.75 Å². The zero-order chi connectivity index (χ0) is 21.0. The van der Waals surface area contributed by atoms with E-state index in [1.165, 1.54) is 22.0 Å². The molecule has 4 rings (SSSR count). The van der Waals surface area contributed by atoms with Crippen LogP contribution in [0.1, 0.15) is 18.4 Å². The van der Waals surface area contributed by atoms with Crippen LogP contribution < -0.4 is 10.1 Å². The van der Waals surface area contributed by atoms with Gasteiger partial charge in [0.2, 0.25) is 10.0 Å². The summed E-state index contributed by atoms with van der Waals surface area (Å²) in [6.45, 7) is 2.00. The summed E-state index contributed by atoms with van der Waals surface area (Å²) >= 11 is 0. The van der Waals surface area contributed by atoms with Gasteiger partial charge in [0.15, 0.2) is 6.61 Å². The lowest BCUT2D eigenvalue weighted by molar-refractivity contribution is -0.123. The summed E-state index contributed by atoms with van der Waals surface area (Å²) in [5.41, 5.74) is 1.30. The Balaban J connectivity index is 1.27. The van der Waals surface area contributed by atoms with Crippen LogP contribution in [-0.2, 0) is 25.0 Å². The molecule has 1 N–H and O–H groups in total. The number of hydrogen-bond donors (Lipinski definition) is 1. The van der Waals surface area contributed by atoms with Gasteiger partial charge in [-0.15, -0.1) is 0 Å². The maximum Gasteiger partial charge on any atom is 0.257 e. The molecule has 160 valence electrons. The third kappa shape index (κ3) is 4.66. The molecule has 0 aromatic heterocycles. The number of amides is 1. The van der Waals surface area contributed by atoms with Crippen LogP contribution >= 0.6 is 0 Å². The van der Waals surface area contributed by atoms with Crippen molar-refractivity contribution in [2.45, 2.75) is 23.2 Å². The van der Waals surface area contributed by atoms with Gasteiger partial charge in [-0.05, 0) is 42.7 Å². The van der Waals surface area contributed by atoms with E-state index >= 15 is 0 Å². The molecule has 0 unspecified atom stereocenters. The van der Waals surface area contributed by atoms with Crippen molar-refractivity contribution in [2.75, 3.05) is 39.5 Å². The molecule has 0 bridgehead atoms. The predicted octanol–water partition coefficient (Wildman–Crippen LogP) is 1.93. The lowest BCUT2D eigenvalue weighted by Crippen LogP contribution is -2.40. The highest BCUT2D eigenvalue weighted by Gasteiger charge is 2.44. The van der Waals surface area contributed by atoms with Gasteiger partial charge in [-0.3, -0.25) is 4.79 Å². The molecule has 30 heavy (non-hydrogen) atoms. The fourth-order valence-corrected chi connectivity index (χ4v) is 5.03. The molecule has 0 radical (unpaired) electrons. The molecule has 2 aromatic carbocycles. The standard InChI is InChI=1S/C22H26N2O5S/c25-21(23-17-22(10-11-22)18-4-2-1-3-5-18)16-29-19-6-8-20(9-7-19)30(26,27)24-12-14-28-15-13-24/h1-9H,10-17H2,(H,23,25). The van der Waals surface area contributed by atoms with E-state index in [9.17, 15) is 13.2 Å². The number of sulfonamides is 1. The maximum absolute atomic E-state index is 12.6. The molecule has 1 aliphatic carbocycles. The third-order valence-corrected chi connectivity index (χ3v) is 7.58. The zero-order valence-corrected chi connectivity index (χ0v) is 17.6. The number of nitrogens with zero attached hydrogens (tertiary/aromatic N) is 1. The minimum Gasteiger partial charge on any atom is -0.484 e. The monoisotopic (exact) mass is 430 g/mol. The maximum atomic E-state index is 12.6. The van der Waals surface area contributed by atoms with Crippen LogP contribution in [0.15, 0.2) is 59.5 Å². The normalized spacial score (nSPS) is 18.5. The number of nitrogens with one attached hydrogen (secondary N) is 1. The first kappa shape index (κ1) is 20.8. The smallest absolute Gasteiger partial charge is 0.257 e. The summed E-state index contributed by atoms with van der Waals surface area (Å²) in [6, 6.07) is 16.4. The molecule has 1 saturated carbocycles. The van der Waals surface area contributed by atoms with Crippen molar-refractivity contribution in [1.29, 1.82) is 0 Å². The Morgan fingerprint density at radius 1 is 1.03 bits per heavy atom. The number of ether oxygens (including phenoxy) is 2. The van der Waals surface area contributed by atoms with E-state index in [1.807, 2.05) is 18.2 Å². The second-order valence-corrected chi connectivity index (χ2v) is 9.64. The Labute approximate surface area is 177 Å². The number of morpholine rings is 1. The average Bonchev–Trinajstić information content (AvgIpc) is 3.59. The van der Waals surface area contributed by atoms with E-state index in [0.717, 1.165) is 12.8 Å². The molecule has 0 spiro atoms. The van der Waals surface area contributed by atoms with Gasteiger partial charge in [0.25, 0.3) is 5.91 Å². The number of benzene rings is 2. The zero-order valence-electron chi connectivity index (χ0n) is 16.7. The Morgan fingerprint density at radius 2 is 1.70 bits per heavy atom. The fraction of sp³-hybridized carbons (Fsp3) is 0.409. The molecule has 2 fully saturated rings. The van der Waals surface area contributed by atoms with Crippen molar-refractivity contribution in [3.63, 3.8) is 0 Å². The van der Waals surface area contributed by atoms with Gasteiger partial charge in [-0.25, -0.2) is 8.42 Å². The molecular weight excluding hydrogens is 404 g/mol. The first-order valence-electron chi connectivity index (χ1n) is 10.1. The number of carbonyl (C=O) groups is 1. The van der Waals surface area contributed by atoms with Crippen molar-refractivity contribution in [3.05, 3.63) is 60.2 Å². The molecule has 7 nitrogen and oxygen atoms in total. The Bertz CT molecular complexity index is 966. The van der Waals surface area contributed by atoms with Crippen molar-refractivity contribution in [2.24, 2.45) is 0 Å². The van der Waals surface area contributed by atoms with Crippen LogP contribution in [0.25, 0.3) is 0 Å². The highest BCUT2D eigenvalue weighted by Crippen LogP contribution is 2.47. The Hall–Kier alpha value is -2.42. The number of carbonyl (C=O) groups excluding carboxylic acids is 1. The number of hydrogen-bond acceptors (Lipinski definition) is 5. The van der Waals surface area contributed by atoms with Crippen LogP contribution in [-0.4, -0.2) is 58.1 Å². The van der Waals surface area contributed by atoms with Crippen molar-refractivity contribution in [1.82, 2.24) is 9.62 Å². The summed E-state index contributed by atoms with van der Waals surface area (Å²) in [4.78, 5) is 12.4. The molecule has 0 atom stereocenters. The molecule has 2 aliphatic rings. The van der Waals surface area contributed by atoms with E-state index < -0.39 is 10.0 Å². The first-order valence-corrected chi connectivity index (χ1v) is 11.6. The van der Waals surface area contributed by atoms with E-state index in [0.29, 0.717) is 38.6 Å². The number of rotatable bonds is 8. The summed E-state index contributed by atoms with van der Waals surface area (Å²) in [5, 5.41) is 2.95. The van der Waals surface area contributed by atoms with Gasteiger partial charge in [0, 0.05) is 25.0 Å². The van der Waals surface area contributed by atoms with Crippen LogP contribution in [0.3, 0.4) is 0 Å². The van der Waals surface area contributed by atoms with Gasteiger partial charge in [0.05, 0.1) is 18.1 Å². The molecule has 1 heterocycles. The topological polar surface area (TPSA) is 84.9 Å². The highest BCUT2D eigenvalue weighted by molar-refractivity contribution is 7.89. The van der Waals surface area contributed by atoms with Gasteiger partial charge < -0.3 is 14.8 Å².